The average Bonchev–Trinajstić information content (AvgIpc) is 3.66. The first kappa shape index (κ1) is 32.9. The van der Waals surface area contributed by atoms with Gasteiger partial charge in [0.15, 0.2) is 11.0 Å². The molecule has 0 radical (unpaired) electrons. The van der Waals surface area contributed by atoms with Gasteiger partial charge < -0.3 is 14.6 Å². The minimum absolute atomic E-state index is 0.0856. The molecule has 3 aromatic carbocycles. The highest BCUT2D eigenvalue weighted by Crippen LogP contribution is 2.34. The number of benzene rings is 3. The highest BCUT2D eigenvalue weighted by molar-refractivity contribution is 7.99. The monoisotopic (exact) mass is 661 g/mol. The van der Waals surface area contributed by atoms with Crippen molar-refractivity contribution in [1.29, 1.82) is 0 Å². The molecule has 1 N–H and O–H groups in total. The van der Waals surface area contributed by atoms with Crippen molar-refractivity contribution in [2.24, 2.45) is 12.1 Å². The summed E-state index contributed by atoms with van der Waals surface area (Å²) >= 11 is 1.24. The van der Waals surface area contributed by atoms with Gasteiger partial charge in [0.25, 0.3) is 11.8 Å². The van der Waals surface area contributed by atoms with E-state index in [9.17, 15) is 18.0 Å². The zero-order valence-corrected chi connectivity index (χ0v) is 27.8. The number of methoxy groups -OCH3 is 1. The fraction of sp³-hybridized carbons (Fsp3) is 0.281. The molecule has 4 aromatic rings. The molecule has 1 aliphatic heterocycles. The van der Waals surface area contributed by atoms with Gasteiger partial charge in [-0.3, -0.25) is 9.59 Å². The number of aromatic nitrogens is 3. The summed E-state index contributed by atoms with van der Waals surface area (Å²) in [5.74, 6) is 0.770. The number of sulfonamides is 1. The lowest BCUT2D eigenvalue weighted by molar-refractivity contribution is -0.130. The molecule has 0 saturated heterocycles. The van der Waals surface area contributed by atoms with Crippen molar-refractivity contribution in [3.8, 4) is 5.75 Å². The lowest BCUT2D eigenvalue weighted by Gasteiger charge is -2.22. The van der Waals surface area contributed by atoms with E-state index in [0.717, 1.165) is 32.5 Å². The van der Waals surface area contributed by atoms with Crippen LogP contribution in [-0.2, 0) is 28.4 Å². The number of carbonyl (C=O) groups excluding carboxylic acids is 2. The Morgan fingerprint density at radius 1 is 1.00 bits per heavy atom. The number of carbonyl (C=O) groups is 2. The number of nitrogens with one attached hydrogen (secondary N) is 1. The van der Waals surface area contributed by atoms with E-state index in [1.54, 1.807) is 23.7 Å². The van der Waals surface area contributed by atoms with Gasteiger partial charge in [0.1, 0.15) is 5.75 Å². The smallest absolute Gasteiger partial charge is 0.253 e. The van der Waals surface area contributed by atoms with Crippen LogP contribution in [0.25, 0.3) is 0 Å². The van der Waals surface area contributed by atoms with Crippen LogP contribution in [0.3, 0.4) is 0 Å². The van der Waals surface area contributed by atoms with E-state index in [1.165, 1.54) is 50.1 Å². The lowest BCUT2D eigenvalue weighted by Crippen LogP contribution is -2.28. The Morgan fingerprint density at radius 3 is 2.30 bits per heavy atom. The van der Waals surface area contributed by atoms with E-state index in [0.29, 0.717) is 23.0 Å². The van der Waals surface area contributed by atoms with Crippen molar-refractivity contribution < 1.29 is 22.7 Å². The Kier molecular flexibility index (Phi) is 9.89. The lowest BCUT2D eigenvalue weighted by atomic mass is 9.97. The maximum atomic E-state index is 13.6. The highest BCUT2D eigenvalue weighted by Gasteiger charge is 2.33. The Labute approximate surface area is 272 Å². The molecule has 2 amide bonds. The molecule has 0 saturated carbocycles. The van der Waals surface area contributed by atoms with Crippen LogP contribution in [0.4, 0.5) is 0 Å². The Balaban J connectivity index is 1.23. The molecular weight excluding hydrogens is 627 g/mol. The van der Waals surface area contributed by atoms with E-state index in [1.807, 2.05) is 55.5 Å². The quantitative estimate of drug-likeness (QED) is 0.240. The van der Waals surface area contributed by atoms with Crippen LogP contribution < -0.4 is 10.1 Å². The summed E-state index contributed by atoms with van der Waals surface area (Å²) in [6.45, 7) is 2.11. The SMILES string of the molecule is COc1ccc(C2=NN(C(=O)CSc3nnc(CNC(=O)c4ccc(S(=O)(=O)N(C)C)cc4)n3C)C(c3ccc(C)cc3)C2)cc1. The molecule has 0 spiro atoms. The highest BCUT2D eigenvalue weighted by atomic mass is 32.2. The van der Waals surface area contributed by atoms with Crippen molar-refractivity contribution in [3.63, 3.8) is 0 Å². The van der Waals surface area contributed by atoms with Crippen LogP contribution in [0, 0.1) is 6.92 Å². The minimum Gasteiger partial charge on any atom is -0.497 e. The third-order valence-electron chi connectivity index (χ3n) is 7.60. The average molecular weight is 662 g/mol. The van der Waals surface area contributed by atoms with Gasteiger partial charge >= 0.3 is 0 Å². The molecule has 1 aromatic heterocycles. The zero-order valence-electron chi connectivity index (χ0n) is 26.2. The Morgan fingerprint density at radius 2 is 1.67 bits per heavy atom. The summed E-state index contributed by atoms with van der Waals surface area (Å²) in [7, 11) is 2.68. The predicted molar refractivity (Wildman–Crippen MR) is 175 cm³/mol. The maximum Gasteiger partial charge on any atom is 0.253 e. The third-order valence-corrected chi connectivity index (χ3v) is 10.4. The van der Waals surface area contributed by atoms with Crippen molar-refractivity contribution in [3.05, 3.63) is 101 Å². The number of hydrogen-bond donors (Lipinski definition) is 1. The van der Waals surface area contributed by atoms with E-state index in [2.05, 4.69) is 15.5 Å². The first-order chi connectivity index (χ1) is 22.0. The summed E-state index contributed by atoms with van der Waals surface area (Å²) in [6, 6.07) is 21.2. The molecule has 14 heteroatoms. The molecule has 1 unspecified atom stereocenters. The number of amides is 2. The molecule has 5 rings (SSSR count). The van der Waals surface area contributed by atoms with E-state index >= 15 is 0 Å². The third kappa shape index (κ3) is 7.14. The van der Waals surface area contributed by atoms with Crippen LogP contribution >= 0.6 is 11.8 Å². The Bertz CT molecular complexity index is 1850. The first-order valence-electron chi connectivity index (χ1n) is 14.4. The summed E-state index contributed by atoms with van der Waals surface area (Å²) in [5.41, 5.74) is 4.19. The molecule has 0 aliphatic carbocycles. The number of nitrogens with zero attached hydrogens (tertiary/aromatic N) is 6. The van der Waals surface area contributed by atoms with Gasteiger partial charge in [0, 0.05) is 33.1 Å². The van der Waals surface area contributed by atoms with Crippen LogP contribution in [-0.4, -0.2) is 77.0 Å². The predicted octanol–water partition coefficient (Wildman–Crippen LogP) is 3.78. The standard InChI is InChI=1S/C32H35N7O5S2/c1-21-6-8-23(9-7-21)28-18-27(22-10-14-25(44-5)15-11-22)36-39(28)30(40)20-45-32-35-34-29(38(32)4)19-33-31(41)24-12-16-26(17-13-24)46(42,43)37(2)3/h6-17,28H,18-20H2,1-5H3,(H,33,41). The molecule has 0 bridgehead atoms. The fourth-order valence-electron chi connectivity index (χ4n) is 4.81. The van der Waals surface area contributed by atoms with Crippen molar-refractivity contribution in [2.75, 3.05) is 27.0 Å². The summed E-state index contributed by atoms with van der Waals surface area (Å²) in [4.78, 5) is 26.4. The van der Waals surface area contributed by atoms with Gasteiger partial charge in [-0.25, -0.2) is 17.7 Å². The molecule has 46 heavy (non-hydrogen) atoms. The van der Waals surface area contributed by atoms with Gasteiger partial charge in [0.05, 0.1) is 36.1 Å². The van der Waals surface area contributed by atoms with Gasteiger partial charge in [-0.1, -0.05) is 41.6 Å². The van der Waals surface area contributed by atoms with Gasteiger partial charge in [-0.2, -0.15) is 5.10 Å². The second-order valence-corrected chi connectivity index (χ2v) is 14.0. The van der Waals surface area contributed by atoms with Gasteiger partial charge in [0.2, 0.25) is 10.0 Å². The van der Waals surface area contributed by atoms with E-state index in [4.69, 9.17) is 9.84 Å². The number of hydrogen-bond acceptors (Lipinski definition) is 9. The molecule has 2 heterocycles. The number of ether oxygens (including phenoxy) is 1. The number of rotatable bonds is 11. The van der Waals surface area contributed by atoms with Crippen LogP contribution in [0.15, 0.2) is 87.9 Å². The van der Waals surface area contributed by atoms with Gasteiger partial charge in [-0.15, -0.1) is 10.2 Å². The Hall–Kier alpha value is -4.53. The molecular formula is C32H35N7O5S2. The van der Waals surface area contributed by atoms with Crippen LogP contribution in [0.1, 0.15) is 45.3 Å². The van der Waals surface area contributed by atoms with Crippen LogP contribution in [0.2, 0.25) is 0 Å². The number of hydrazone groups is 1. The molecule has 1 aliphatic rings. The van der Waals surface area contributed by atoms with E-state index in [-0.39, 0.29) is 35.0 Å². The molecule has 12 nitrogen and oxygen atoms in total. The number of thioether (sulfide) groups is 1. The maximum absolute atomic E-state index is 13.6. The zero-order chi connectivity index (χ0) is 33.0. The van der Waals surface area contributed by atoms with Crippen LogP contribution in [0.5, 0.6) is 5.75 Å². The summed E-state index contributed by atoms with van der Waals surface area (Å²) in [5, 5.41) is 18.0. The second kappa shape index (κ2) is 13.8. The largest absolute Gasteiger partial charge is 0.497 e. The molecule has 1 atom stereocenters. The van der Waals surface area contributed by atoms with Gasteiger partial charge in [-0.05, 0) is 66.6 Å². The summed E-state index contributed by atoms with van der Waals surface area (Å²) in [6.07, 6.45) is 0.577. The molecule has 0 fully saturated rings. The first-order valence-corrected chi connectivity index (χ1v) is 16.8. The van der Waals surface area contributed by atoms with Crippen molar-refractivity contribution >= 4 is 39.3 Å². The second-order valence-electron chi connectivity index (χ2n) is 10.9. The topological polar surface area (TPSA) is 139 Å². The summed E-state index contributed by atoms with van der Waals surface area (Å²) < 4.78 is 32.7. The minimum atomic E-state index is -3.59. The number of aryl methyl sites for hydroxylation is 1. The van der Waals surface area contributed by atoms with Crippen molar-refractivity contribution in [1.82, 2.24) is 29.4 Å². The van der Waals surface area contributed by atoms with E-state index < -0.39 is 10.0 Å². The van der Waals surface area contributed by atoms with Crippen molar-refractivity contribution in [2.45, 2.75) is 36.0 Å². The molecule has 240 valence electrons. The normalized spacial score (nSPS) is 14.8. The fourth-order valence-corrected chi connectivity index (χ4v) is 6.50.